The second-order valence-electron chi connectivity index (χ2n) is 2.99. The number of hydrogen-bond donors (Lipinski definition) is 0. The summed E-state index contributed by atoms with van der Waals surface area (Å²) in [7, 11) is 0. The van der Waals surface area contributed by atoms with Gasteiger partial charge in [0.1, 0.15) is 0 Å². The van der Waals surface area contributed by atoms with Gasteiger partial charge in [-0.1, -0.05) is 24.1 Å². The molecule has 0 N–H and O–H groups in total. The Balaban J connectivity index is 2.42. The highest BCUT2D eigenvalue weighted by Crippen LogP contribution is 2.27. The van der Waals surface area contributed by atoms with Crippen LogP contribution in [-0.2, 0) is 11.2 Å². The van der Waals surface area contributed by atoms with E-state index in [0.717, 1.165) is 11.3 Å². The highest BCUT2D eigenvalue weighted by Gasteiger charge is 2.25. The predicted octanol–water partition coefficient (Wildman–Crippen LogP) is 1.21. The summed E-state index contributed by atoms with van der Waals surface area (Å²) in [5.41, 5.74) is 2.04. The van der Waals surface area contributed by atoms with Crippen molar-refractivity contribution in [1.82, 2.24) is 0 Å². The predicted molar refractivity (Wildman–Crippen MR) is 51.3 cm³/mol. The fraction of sp³-hybridized carbons (Fsp3) is 0.182. The lowest BCUT2D eigenvalue weighted by Crippen LogP contribution is -2.26. The molecule has 0 unspecified atom stereocenters. The Kier molecular flexibility index (Phi) is 1.79. The molecule has 1 heterocycles. The molecule has 2 rings (SSSR count). The average Bonchev–Trinajstić information content (AvgIpc) is 2.44. The number of rotatable bonds is 1. The summed E-state index contributed by atoms with van der Waals surface area (Å²) in [6, 6.07) is 7.74. The van der Waals surface area contributed by atoms with Gasteiger partial charge in [0.05, 0.1) is 13.0 Å². The number of para-hydroxylation sites is 1. The summed E-state index contributed by atoms with van der Waals surface area (Å²) in [6.45, 7) is 0.371. The third-order valence-corrected chi connectivity index (χ3v) is 2.17. The first-order chi connectivity index (χ1) is 6.33. The van der Waals surface area contributed by atoms with Gasteiger partial charge < -0.3 is 4.90 Å². The van der Waals surface area contributed by atoms with Crippen molar-refractivity contribution in [2.75, 3.05) is 11.4 Å². The van der Waals surface area contributed by atoms with E-state index < -0.39 is 0 Å². The number of carbonyl (C=O) groups excluding carboxylic acids is 1. The van der Waals surface area contributed by atoms with E-state index in [0.29, 0.717) is 13.0 Å². The number of carbonyl (C=O) groups is 1. The molecule has 1 aliphatic heterocycles. The third kappa shape index (κ3) is 1.19. The van der Waals surface area contributed by atoms with Crippen LogP contribution in [0, 0.1) is 12.3 Å². The van der Waals surface area contributed by atoms with Gasteiger partial charge in [0.2, 0.25) is 5.91 Å². The molecule has 1 amide bonds. The SMILES string of the molecule is C#CCN1C(=O)Cc2ccccc21. The van der Waals surface area contributed by atoms with E-state index in [1.165, 1.54) is 0 Å². The lowest BCUT2D eigenvalue weighted by Gasteiger charge is -2.12. The molecular weight excluding hydrogens is 162 g/mol. The minimum atomic E-state index is 0.0964. The maximum absolute atomic E-state index is 11.5. The molecule has 0 saturated heterocycles. The van der Waals surface area contributed by atoms with Gasteiger partial charge >= 0.3 is 0 Å². The van der Waals surface area contributed by atoms with Crippen molar-refractivity contribution < 1.29 is 4.79 Å². The zero-order valence-electron chi connectivity index (χ0n) is 7.16. The van der Waals surface area contributed by atoms with Crippen LogP contribution in [0.2, 0.25) is 0 Å². The second-order valence-corrected chi connectivity index (χ2v) is 2.99. The van der Waals surface area contributed by atoms with E-state index in [1.807, 2.05) is 24.3 Å². The van der Waals surface area contributed by atoms with Crippen molar-refractivity contribution in [3.63, 3.8) is 0 Å². The number of benzene rings is 1. The molecule has 2 nitrogen and oxygen atoms in total. The van der Waals surface area contributed by atoms with Crippen molar-refractivity contribution in [2.45, 2.75) is 6.42 Å². The molecule has 0 spiro atoms. The summed E-state index contributed by atoms with van der Waals surface area (Å²) < 4.78 is 0. The molecule has 13 heavy (non-hydrogen) atoms. The van der Waals surface area contributed by atoms with Crippen molar-refractivity contribution in [1.29, 1.82) is 0 Å². The molecule has 0 aromatic heterocycles. The largest absolute Gasteiger partial charge is 0.300 e. The molecule has 2 heteroatoms. The summed E-state index contributed by atoms with van der Waals surface area (Å²) in [6.07, 6.45) is 5.67. The molecule has 0 aliphatic carbocycles. The van der Waals surface area contributed by atoms with E-state index in [9.17, 15) is 4.79 Å². The minimum absolute atomic E-state index is 0.0964. The number of fused-ring (bicyclic) bond motifs is 1. The lowest BCUT2D eigenvalue weighted by molar-refractivity contribution is -0.117. The Morgan fingerprint density at radius 2 is 2.23 bits per heavy atom. The summed E-state index contributed by atoms with van der Waals surface area (Å²) in [5, 5.41) is 0. The Morgan fingerprint density at radius 1 is 1.46 bits per heavy atom. The molecule has 64 valence electrons. The van der Waals surface area contributed by atoms with Crippen LogP contribution < -0.4 is 4.90 Å². The molecule has 0 saturated carbocycles. The van der Waals surface area contributed by atoms with Crippen LogP contribution in [0.1, 0.15) is 5.56 Å². The lowest BCUT2D eigenvalue weighted by atomic mass is 10.2. The first-order valence-electron chi connectivity index (χ1n) is 4.14. The monoisotopic (exact) mass is 171 g/mol. The van der Waals surface area contributed by atoms with Gasteiger partial charge in [0.25, 0.3) is 0 Å². The van der Waals surface area contributed by atoms with E-state index >= 15 is 0 Å². The maximum Gasteiger partial charge on any atom is 0.232 e. The molecular formula is C11H9NO. The Morgan fingerprint density at radius 3 is 3.00 bits per heavy atom. The summed E-state index contributed by atoms with van der Waals surface area (Å²) in [4.78, 5) is 13.1. The van der Waals surface area contributed by atoms with Crippen LogP contribution in [0.3, 0.4) is 0 Å². The van der Waals surface area contributed by atoms with Crippen molar-refractivity contribution in [3.8, 4) is 12.3 Å². The van der Waals surface area contributed by atoms with Crippen molar-refractivity contribution in [2.24, 2.45) is 0 Å². The van der Waals surface area contributed by atoms with E-state index in [2.05, 4.69) is 5.92 Å². The number of nitrogens with zero attached hydrogens (tertiary/aromatic N) is 1. The van der Waals surface area contributed by atoms with Gasteiger partial charge in [-0.3, -0.25) is 4.79 Å². The van der Waals surface area contributed by atoms with Gasteiger partial charge in [-0.05, 0) is 11.6 Å². The van der Waals surface area contributed by atoms with Crippen molar-refractivity contribution in [3.05, 3.63) is 29.8 Å². The zero-order valence-corrected chi connectivity index (χ0v) is 7.16. The smallest absolute Gasteiger partial charge is 0.232 e. The Labute approximate surface area is 77.2 Å². The van der Waals surface area contributed by atoms with Crippen LogP contribution in [0.4, 0.5) is 5.69 Å². The minimum Gasteiger partial charge on any atom is -0.300 e. The van der Waals surface area contributed by atoms with Gasteiger partial charge in [-0.2, -0.15) is 0 Å². The molecule has 1 aliphatic rings. The molecule has 0 radical (unpaired) electrons. The van der Waals surface area contributed by atoms with Gasteiger partial charge in [0.15, 0.2) is 0 Å². The molecule has 0 fully saturated rings. The van der Waals surface area contributed by atoms with Gasteiger partial charge in [-0.25, -0.2) is 0 Å². The second kappa shape index (κ2) is 2.95. The maximum atomic E-state index is 11.5. The fourth-order valence-electron chi connectivity index (χ4n) is 1.58. The van der Waals surface area contributed by atoms with Crippen LogP contribution in [0.5, 0.6) is 0 Å². The zero-order chi connectivity index (χ0) is 9.26. The van der Waals surface area contributed by atoms with Crippen molar-refractivity contribution >= 4 is 11.6 Å². The molecule has 0 bridgehead atoms. The van der Waals surface area contributed by atoms with Gasteiger partial charge in [-0.15, -0.1) is 6.42 Å². The topological polar surface area (TPSA) is 20.3 Å². The van der Waals surface area contributed by atoms with Crippen LogP contribution in [0.25, 0.3) is 0 Å². The Bertz CT molecular complexity index is 389. The number of anilines is 1. The fourth-order valence-corrected chi connectivity index (χ4v) is 1.58. The first kappa shape index (κ1) is 7.88. The van der Waals surface area contributed by atoms with Gasteiger partial charge in [0, 0.05) is 5.69 Å². The normalized spacial score (nSPS) is 14.1. The average molecular weight is 171 g/mol. The molecule has 0 atom stereocenters. The van der Waals surface area contributed by atoms with Crippen LogP contribution in [-0.4, -0.2) is 12.5 Å². The standard InChI is InChI=1S/C11H9NO/c1-2-7-12-10-6-4-3-5-9(10)8-11(12)13/h1,3-6H,7-8H2. The number of terminal acetylenes is 1. The molecule has 1 aromatic carbocycles. The summed E-state index contributed by atoms with van der Waals surface area (Å²) >= 11 is 0. The van der Waals surface area contributed by atoms with E-state index in [-0.39, 0.29) is 5.91 Å². The Hall–Kier alpha value is -1.75. The number of amides is 1. The highest BCUT2D eigenvalue weighted by atomic mass is 16.2. The molecule has 1 aromatic rings. The van der Waals surface area contributed by atoms with Crippen LogP contribution >= 0.6 is 0 Å². The third-order valence-electron chi connectivity index (χ3n) is 2.17. The highest BCUT2D eigenvalue weighted by molar-refractivity contribution is 6.01. The van der Waals surface area contributed by atoms with Crippen LogP contribution in [0.15, 0.2) is 24.3 Å². The van der Waals surface area contributed by atoms with E-state index in [1.54, 1.807) is 4.90 Å². The summed E-state index contributed by atoms with van der Waals surface area (Å²) in [5.74, 6) is 2.58. The first-order valence-corrected chi connectivity index (χ1v) is 4.14. The van der Waals surface area contributed by atoms with E-state index in [4.69, 9.17) is 6.42 Å². The number of hydrogen-bond acceptors (Lipinski definition) is 1. The quantitative estimate of drug-likeness (QED) is 0.581.